The van der Waals surface area contributed by atoms with Crippen LogP contribution in [0.4, 0.5) is 0 Å². The Morgan fingerprint density at radius 2 is 1.71 bits per heavy atom. The summed E-state index contributed by atoms with van der Waals surface area (Å²) in [7, 11) is 0. The first-order valence-electron chi connectivity index (χ1n) is 9.10. The molecule has 124 valence electrons. The lowest BCUT2D eigenvalue weighted by Crippen LogP contribution is -2.70. The van der Waals surface area contributed by atoms with Gasteiger partial charge in [-0.25, -0.2) is 0 Å². The quantitative estimate of drug-likeness (QED) is 0.699. The number of hydrogen-bond acceptors (Lipinski definition) is 4. The first-order valence-corrected chi connectivity index (χ1v) is 9.10. The SMILES string of the molecule is CCN(CC)CCCN(CC)C1(CN)CN2CCC1CC2. The molecule has 0 aromatic heterocycles. The third-order valence-corrected chi connectivity index (χ3v) is 6.01. The number of nitrogens with zero attached hydrogens (tertiary/aromatic N) is 3. The van der Waals surface area contributed by atoms with E-state index in [1.807, 2.05) is 0 Å². The Morgan fingerprint density at radius 3 is 2.14 bits per heavy atom. The maximum absolute atomic E-state index is 6.31. The number of likely N-dealkylation sites (N-methyl/N-ethyl adjacent to an activating group) is 1. The Balaban J connectivity index is 1.95. The minimum atomic E-state index is 0.258. The van der Waals surface area contributed by atoms with E-state index in [1.165, 1.54) is 65.1 Å². The second-order valence-electron chi connectivity index (χ2n) is 6.82. The lowest BCUT2D eigenvalue weighted by Gasteiger charge is -2.57. The van der Waals surface area contributed by atoms with Crippen LogP contribution in [-0.2, 0) is 0 Å². The molecular weight excluding hydrogens is 260 g/mol. The average Bonchev–Trinajstić information content (AvgIpc) is 2.56. The van der Waals surface area contributed by atoms with Crippen LogP contribution in [0.3, 0.4) is 0 Å². The van der Waals surface area contributed by atoms with Crippen molar-refractivity contribution >= 4 is 0 Å². The number of piperidine rings is 3. The van der Waals surface area contributed by atoms with E-state index >= 15 is 0 Å². The summed E-state index contributed by atoms with van der Waals surface area (Å²) in [6, 6.07) is 0. The van der Waals surface area contributed by atoms with Crippen LogP contribution in [-0.4, -0.2) is 79.1 Å². The van der Waals surface area contributed by atoms with E-state index in [4.69, 9.17) is 5.73 Å². The molecule has 0 aliphatic carbocycles. The summed E-state index contributed by atoms with van der Waals surface area (Å²) < 4.78 is 0. The minimum Gasteiger partial charge on any atom is -0.329 e. The van der Waals surface area contributed by atoms with Crippen LogP contribution in [0.2, 0.25) is 0 Å². The van der Waals surface area contributed by atoms with E-state index in [9.17, 15) is 0 Å². The third-order valence-electron chi connectivity index (χ3n) is 6.01. The van der Waals surface area contributed by atoms with E-state index in [0.29, 0.717) is 0 Å². The largest absolute Gasteiger partial charge is 0.329 e. The van der Waals surface area contributed by atoms with Crippen molar-refractivity contribution in [1.29, 1.82) is 0 Å². The van der Waals surface area contributed by atoms with Crippen molar-refractivity contribution in [3.63, 3.8) is 0 Å². The van der Waals surface area contributed by atoms with Crippen molar-refractivity contribution in [3.05, 3.63) is 0 Å². The maximum atomic E-state index is 6.31. The highest BCUT2D eigenvalue weighted by atomic mass is 15.3. The Hall–Kier alpha value is -0.160. The normalized spacial score (nSPS) is 32.3. The fourth-order valence-electron chi connectivity index (χ4n) is 4.58. The molecule has 0 aromatic carbocycles. The molecular formula is C17H36N4. The van der Waals surface area contributed by atoms with Crippen molar-refractivity contribution in [1.82, 2.24) is 14.7 Å². The number of hydrogen-bond donors (Lipinski definition) is 1. The van der Waals surface area contributed by atoms with Crippen LogP contribution in [0.15, 0.2) is 0 Å². The molecule has 4 heteroatoms. The molecule has 0 radical (unpaired) electrons. The van der Waals surface area contributed by atoms with E-state index < -0.39 is 0 Å². The molecule has 4 nitrogen and oxygen atoms in total. The summed E-state index contributed by atoms with van der Waals surface area (Å²) in [5.74, 6) is 0.820. The lowest BCUT2D eigenvalue weighted by molar-refractivity contribution is -0.0661. The summed E-state index contributed by atoms with van der Waals surface area (Å²) in [6.07, 6.45) is 3.97. The van der Waals surface area contributed by atoms with Gasteiger partial charge in [0.1, 0.15) is 0 Å². The van der Waals surface area contributed by atoms with Crippen LogP contribution in [0.5, 0.6) is 0 Å². The molecule has 3 aliphatic heterocycles. The van der Waals surface area contributed by atoms with Gasteiger partial charge >= 0.3 is 0 Å². The second kappa shape index (κ2) is 7.91. The zero-order valence-corrected chi connectivity index (χ0v) is 14.5. The molecule has 1 atom stereocenters. The van der Waals surface area contributed by atoms with Gasteiger partial charge in [0.15, 0.2) is 0 Å². The Bertz CT molecular complexity index is 297. The van der Waals surface area contributed by atoms with Crippen LogP contribution < -0.4 is 5.73 Å². The van der Waals surface area contributed by atoms with Crippen molar-refractivity contribution < 1.29 is 0 Å². The first kappa shape index (κ1) is 17.2. The summed E-state index contributed by atoms with van der Waals surface area (Å²) >= 11 is 0. The molecule has 21 heavy (non-hydrogen) atoms. The van der Waals surface area contributed by atoms with E-state index in [0.717, 1.165) is 19.0 Å². The number of rotatable bonds is 9. The number of fused-ring (bicyclic) bond motifs is 3. The summed E-state index contributed by atoms with van der Waals surface area (Å²) in [4.78, 5) is 7.88. The van der Waals surface area contributed by atoms with Gasteiger partial charge in [-0.2, -0.15) is 0 Å². The van der Waals surface area contributed by atoms with Crippen molar-refractivity contribution in [3.8, 4) is 0 Å². The molecule has 3 rings (SSSR count). The second-order valence-corrected chi connectivity index (χ2v) is 6.82. The summed E-state index contributed by atoms with van der Waals surface area (Å²) in [5, 5.41) is 0. The number of nitrogens with two attached hydrogens (primary N) is 1. The predicted octanol–water partition coefficient (Wildman–Crippen LogP) is 1.46. The van der Waals surface area contributed by atoms with Gasteiger partial charge in [0.2, 0.25) is 0 Å². The first-order chi connectivity index (χ1) is 10.2. The molecule has 0 spiro atoms. The van der Waals surface area contributed by atoms with Gasteiger partial charge in [0.05, 0.1) is 0 Å². The Kier molecular flexibility index (Phi) is 6.48. The highest BCUT2D eigenvalue weighted by molar-refractivity contribution is 5.06. The molecule has 3 heterocycles. The van der Waals surface area contributed by atoms with E-state index in [2.05, 4.69) is 35.5 Å². The van der Waals surface area contributed by atoms with Gasteiger partial charge in [-0.1, -0.05) is 20.8 Å². The average molecular weight is 297 g/mol. The molecule has 2 bridgehead atoms. The summed E-state index contributed by atoms with van der Waals surface area (Å²) in [5.41, 5.74) is 6.56. The van der Waals surface area contributed by atoms with Crippen LogP contribution >= 0.6 is 0 Å². The van der Waals surface area contributed by atoms with Crippen molar-refractivity contribution in [2.75, 3.05) is 58.9 Å². The molecule has 1 unspecified atom stereocenters. The van der Waals surface area contributed by atoms with Gasteiger partial charge < -0.3 is 15.5 Å². The smallest absolute Gasteiger partial charge is 0.0487 e. The van der Waals surface area contributed by atoms with Crippen molar-refractivity contribution in [2.24, 2.45) is 11.7 Å². The van der Waals surface area contributed by atoms with Crippen LogP contribution in [0.25, 0.3) is 0 Å². The maximum Gasteiger partial charge on any atom is 0.0487 e. The van der Waals surface area contributed by atoms with E-state index in [-0.39, 0.29) is 5.54 Å². The molecule has 3 saturated heterocycles. The molecule has 3 aliphatic rings. The van der Waals surface area contributed by atoms with Crippen molar-refractivity contribution in [2.45, 2.75) is 45.6 Å². The predicted molar refractivity (Wildman–Crippen MR) is 90.6 cm³/mol. The van der Waals surface area contributed by atoms with Gasteiger partial charge in [0, 0.05) is 25.2 Å². The molecule has 2 N–H and O–H groups in total. The zero-order valence-electron chi connectivity index (χ0n) is 14.5. The molecule has 0 amide bonds. The fourth-order valence-corrected chi connectivity index (χ4v) is 4.58. The molecule has 3 fully saturated rings. The third kappa shape index (κ3) is 3.61. The van der Waals surface area contributed by atoms with Gasteiger partial charge in [-0.05, 0) is 64.4 Å². The van der Waals surface area contributed by atoms with E-state index in [1.54, 1.807) is 0 Å². The standard InChI is InChI=1S/C17H36N4/c1-4-19(5-2)10-7-11-21(6-3)17(14-18)15-20-12-8-16(17)9-13-20/h16H,4-15,18H2,1-3H3. The zero-order chi connectivity index (χ0) is 15.3. The summed E-state index contributed by atoms with van der Waals surface area (Å²) in [6.45, 7) is 17.3. The molecule has 0 aromatic rings. The van der Waals surface area contributed by atoms with Gasteiger partial charge in [-0.3, -0.25) is 4.90 Å². The Morgan fingerprint density at radius 1 is 1.05 bits per heavy atom. The minimum absolute atomic E-state index is 0.258. The molecule has 0 saturated carbocycles. The fraction of sp³-hybridized carbons (Fsp3) is 1.00. The van der Waals surface area contributed by atoms with Crippen LogP contribution in [0.1, 0.15) is 40.0 Å². The monoisotopic (exact) mass is 296 g/mol. The highest BCUT2D eigenvalue weighted by Crippen LogP contribution is 2.39. The topological polar surface area (TPSA) is 35.7 Å². The lowest BCUT2D eigenvalue weighted by atomic mass is 9.71. The van der Waals surface area contributed by atoms with Crippen LogP contribution in [0, 0.1) is 5.92 Å². The highest BCUT2D eigenvalue weighted by Gasteiger charge is 2.48. The van der Waals surface area contributed by atoms with Gasteiger partial charge in [-0.15, -0.1) is 0 Å². The Labute approximate surface area is 131 Å². The van der Waals surface area contributed by atoms with Gasteiger partial charge in [0.25, 0.3) is 0 Å².